The molecule has 0 bridgehead atoms. The third-order valence-corrected chi connectivity index (χ3v) is 8.11. The third-order valence-electron chi connectivity index (χ3n) is 7.38. The Bertz CT molecular complexity index is 1410. The molecule has 4 N–H and O–H groups in total. The van der Waals surface area contributed by atoms with E-state index in [0.717, 1.165) is 89.7 Å². The topological polar surface area (TPSA) is 110 Å². The van der Waals surface area contributed by atoms with Crippen molar-refractivity contribution in [1.82, 2.24) is 9.97 Å². The molecule has 1 amide bonds. The number of nitrogens with one attached hydrogen (secondary N) is 2. The number of amides is 1. The highest BCUT2D eigenvalue weighted by atomic mass is 32.1. The van der Waals surface area contributed by atoms with Crippen molar-refractivity contribution < 1.29 is 18.8 Å². The predicted molar refractivity (Wildman–Crippen MR) is 148 cm³/mol. The minimum absolute atomic E-state index is 0.218. The second-order valence-corrected chi connectivity index (χ2v) is 10.8. The molecule has 0 aliphatic carbocycles. The molecule has 37 heavy (non-hydrogen) atoms. The average Bonchev–Trinajstić information content (AvgIpc) is 3.53. The van der Waals surface area contributed by atoms with E-state index in [4.69, 9.17) is 15.5 Å². The van der Waals surface area contributed by atoms with Crippen LogP contribution < -0.4 is 11.1 Å². The lowest BCUT2D eigenvalue weighted by molar-refractivity contribution is -0.925. The maximum Gasteiger partial charge on any atom is 0.337 e. The van der Waals surface area contributed by atoms with Crippen LogP contribution in [0.2, 0.25) is 0 Å². The van der Waals surface area contributed by atoms with E-state index in [9.17, 15) is 9.59 Å². The number of aromatic amines is 1. The number of nitrogens with two attached hydrogens (primary N) is 1. The van der Waals surface area contributed by atoms with Gasteiger partial charge in [-0.1, -0.05) is 6.07 Å². The Morgan fingerprint density at radius 3 is 2.73 bits per heavy atom. The molecule has 1 aliphatic heterocycles. The van der Waals surface area contributed by atoms with Gasteiger partial charge < -0.3 is 25.3 Å². The number of carbonyl (C=O) groups is 2. The molecule has 4 heterocycles. The Morgan fingerprint density at radius 2 is 2.00 bits per heavy atom. The molecular weight excluding hydrogens is 486 g/mol. The Hall–Kier alpha value is -3.43. The number of nitrogens with zero attached hydrogens (tertiary/aromatic N) is 2. The summed E-state index contributed by atoms with van der Waals surface area (Å²) >= 11 is 1.68. The fraction of sp³-hybridized carbons (Fsp3) is 0.393. The van der Waals surface area contributed by atoms with E-state index in [-0.39, 0.29) is 11.9 Å². The number of ether oxygens (including phenoxy) is 1. The van der Waals surface area contributed by atoms with Gasteiger partial charge in [0.25, 0.3) is 5.91 Å². The number of anilines is 1. The van der Waals surface area contributed by atoms with Gasteiger partial charge in [0, 0.05) is 41.4 Å². The van der Waals surface area contributed by atoms with Crippen LogP contribution in [0.25, 0.3) is 21.8 Å². The van der Waals surface area contributed by atoms with E-state index < -0.39 is 0 Å². The van der Waals surface area contributed by atoms with Crippen molar-refractivity contribution in [1.29, 1.82) is 0 Å². The molecule has 1 aliphatic rings. The van der Waals surface area contributed by atoms with Crippen LogP contribution in [0.3, 0.4) is 0 Å². The lowest BCUT2D eigenvalue weighted by Crippen LogP contribution is -2.56. The summed E-state index contributed by atoms with van der Waals surface area (Å²) < 4.78 is 5.69. The number of piperidine rings is 1. The number of rotatable bonds is 10. The molecule has 194 valence electrons. The van der Waals surface area contributed by atoms with E-state index in [0.29, 0.717) is 12.1 Å². The summed E-state index contributed by atoms with van der Waals surface area (Å²) in [4.78, 5) is 32.4. The average molecular weight is 521 g/mol. The first-order valence-electron chi connectivity index (χ1n) is 12.9. The summed E-state index contributed by atoms with van der Waals surface area (Å²) in [7, 11) is 1.39. The summed E-state index contributed by atoms with van der Waals surface area (Å²) in [6.45, 7) is 4.13. The number of hydrogen-bond donors (Lipinski definition) is 3. The molecule has 0 spiro atoms. The zero-order chi connectivity index (χ0) is 25.8. The number of hydrogen-bond acceptors (Lipinski definition) is 6. The molecule has 8 nitrogen and oxygen atoms in total. The molecule has 3 aromatic heterocycles. The highest BCUT2D eigenvalue weighted by Crippen LogP contribution is 2.32. The Labute approximate surface area is 220 Å². The summed E-state index contributed by atoms with van der Waals surface area (Å²) in [5.74, 6) is 0.255. The molecule has 0 radical (unpaired) electrons. The van der Waals surface area contributed by atoms with Crippen LogP contribution >= 0.6 is 11.3 Å². The normalized spacial score (nSPS) is 15.2. The number of aromatic nitrogens is 2. The first-order chi connectivity index (χ1) is 18.0. The lowest BCUT2D eigenvalue weighted by Gasteiger charge is -2.40. The maximum absolute atomic E-state index is 12.1. The third kappa shape index (κ3) is 5.62. The summed E-state index contributed by atoms with van der Waals surface area (Å²) in [6.07, 6.45) is 5.19. The van der Waals surface area contributed by atoms with Crippen molar-refractivity contribution >= 4 is 50.8 Å². The van der Waals surface area contributed by atoms with Crippen molar-refractivity contribution in [2.75, 3.05) is 45.2 Å². The first-order valence-corrected chi connectivity index (χ1v) is 13.8. The minimum Gasteiger partial charge on any atom is -0.465 e. The van der Waals surface area contributed by atoms with Gasteiger partial charge >= 0.3 is 5.97 Å². The number of thiophene rings is 1. The van der Waals surface area contributed by atoms with E-state index in [2.05, 4.69) is 33.2 Å². The fourth-order valence-electron chi connectivity index (χ4n) is 5.64. The summed E-state index contributed by atoms with van der Waals surface area (Å²) in [6, 6.07) is 9.79. The van der Waals surface area contributed by atoms with Crippen LogP contribution in [0.5, 0.6) is 0 Å². The number of quaternary nitrogens is 1. The minimum atomic E-state index is -0.360. The SMILES string of the molecule is COC(=O)c1ccc2c(c1)[nH]c1cc(Cc3ccsc3)nc(NCCC[N+]3(CC(N)=O)CCCCC3)c12. The molecule has 5 rings (SSSR count). The smallest absolute Gasteiger partial charge is 0.337 e. The number of primary amides is 1. The zero-order valence-corrected chi connectivity index (χ0v) is 22.0. The van der Waals surface area contributed by atoms with Crippen LogP contribution in [0, 0.1) is 0 Å². The van der Waals surface area contributed by atoms with Gasteiger partial charge in [-0.3, -0.25) is 4.79 Å². The number of esters is 1. The Kier molecular flexibility index (Phi) is 7.43. The Balaban J connectivity index is 1.42. The molecule has 9 heteroatoms. The van der Waals surface area contributed by atoms with E-state index in [1.165, 1.54) is 19.1 Å². The van der Waals surface area contributed by atoms with E-state index >= 15 is 0 Å². The van der Waals surface area contributed by atoms with Crippen LogP contribution in [-0.2, 0) is 16.0 Å². The van der Waals surface area contributed by atoms with Crippen LogP contribution in [0.15, 0.2) is 41.1 Å². The predicted octanol–water partition coefficient (Wildman–Crippen LogP) is 4.44. The number of fused-ring (bicyclic) bond motifs is 3. The maximum atomic E-state index is 12.1. The van der Waals surface area contributed by atoms with Gasteiger partial charge in [0.15, 0.2) is 6.54 Å². The first kappa shape index (κ1) is 25.2. The highest BCUT2D eigenvalue weighted by Gasteiger charge is 2.31. The van der Waals surface area contributed by atoms with E-state index in [1.807, 2.05) is 12.1 Å². The number of pyridine rings is 1. The summed E-state index contributed by atoms with van der Waals surface area (Å²) in [5.41, 5.74) is 10.2. The van der Waals surface area contributed by atoms with Gasteiger partial charge in [-0.2, -0.15) is 11.3 Å². The van der Waals surface area contributed by atoms with E-state index in [1.54, 1.807) is 17.4 Å². The van der Waals surface area contributed by atoms with Crippen molar-refractivity contribution in [2.24, 2.45) is 5.73 Å². The molecule has 0 saturated carbocycles. The largest absolute Gasteiger partial charge is 0.465 e. The van der Waals surface area contributed by atoms with Crippen molar-refractivity contribution in [3.63, 3.8) is 0 Å². The van der Waals surface area contributed by atoms with Crippen LogP contribution in [-0.4, -0.2) is 66.2 Å². The standard InChI is InChI=1S/C28H33N5O3S/c1-36-28(35)20-6-7-22-23(15-20)32-24-16-21(14-19-8-13-37-18-19)31-27(26(22)24)30-9-5-12-33(17-25(29)34)10-3-2-4-11-33/h6-8,13,15-16,18H,2-5,9-12,14,17H2,1H3,(H3-,29,30,31,32,34,35)/p+1. The van der Waals surface area contributed by atoms with Crippen molar-refractivity contribution in [3.05, 3.63) is 57.9 Å². The number of carbonyl (C=O) groups excluding carboxylic acids is 2. The van der Waals surface area contributed by atoms with Gasteiger partial charge in [-0.15, -0.1) is 0 Å². The number of benzene rings is 1. The van der Waals surface area contributed by atoms with Gasteiger partial charge in [-0.05, 0) is 59.9 Å². The molecule has 0 unspecified atom stereocenters. The zero-order valence-electron chi connectivity index (χ0n) is 21.2. The fourth-order valence-corrected chi connectivity index (χ4v) is 6.31. The van der Waals surface area contributed by atoms with Crippen molar-refractivity contribution in [2.45, 2.75) is 32.1 Å². The molecular formula is C28H34N5O3S+. The van der Waals surface area contributed by atoms with Crippen LogP contribution in [0.1, 0.15) is 47.3 Å². The molecule has 0 atom stereocenters. The van der Waals surface area contributed by atoms with Gasteiger partial charge in [0.2, 0.25) is 0 Å². The van der Waals surface area contributed by atoms with Gasteiger partial charge in [0.05, 0.1) is 37.8 Å². The van der Waals surface area contributed by atoms with Crippen LogP contribution in [0.4, 0.5) is 5.82 Å². The van der Waals surface area contributed by atoms with Gasteiger partial charge in [-0.25, -0.2) is 9.78 Å². The van der Waals surface area contributed by atoms with Crippen molar-refractivity contribution in [3.8, 4) is 0 Å². The number of likely N-dealkylation sites (tertiary alicyclic amines) is 1. The Morgan fingerprint density at radius 1 is 1.16 bits per heavy atom. The molecule has 4 aromatic rings. The quantitative estimate of drug-likeness (QED) is 0.163. The second kappa shape index (κ2) is 10.9. The molecule has 1 saturated heterocycles. The van der Waals surface area contributed by atoms with Gasteiger partial charge in [0.1, 0.15) is 5.82 Å². The monoisotopic (exact) mass is 520 g/mol. The lowest BCUT2D eigenvalue weighted by atomic mass is 10.1. The number of H-pyrrole nitrogens is 1. The highest BCUT2D eigenvalue weighted by molar-refractivity contribution is 7.07. The summed E-state index contributed by atoms with van der Waals surface area (Å²) in [5, 5.41) is 9.84. The number of methoxy groups -OCH3 is 1. The second-order valence-electron chi connectivity index (χ2n) is 10.0. The molecule has 1 aromatic carbocycles. The molecule has 1 fully saturated rings.